The molecule has 1 aromatic carbocycles. The topological polar surface area (TPSA) is 47.0 Å². The molecule has 2 aromatic rings. The van der Waals surface area contributed by atoms with Crippen LogP contribution in [0.3, 0.4) is 0 Å². The summed E-state index contributed by atoms with van der Waals surface area (Å²) in [4.78, 5) is 14.0. The second-order valence-corrected chi connectivity index (χ2v) is 4.31. The second-order valence-electron chi connectivity index (χ2n) is 3.92. The lowest BCUT2D eigenvalue weighted by Crippen LogP contribution is -2.09. The molecule has 0 fully saturated rings. The number of fused-ring (bicyclic) bond motifs is 1. The van der Waals surface area contributed by atoms with Gasteiger partial charge in [-0.25, -0.2) is 8.78 Å². The molecule has 0 spiro atoms. The van der Waals surface area contributed by atoms with Gasteiger partial charge in [0, 0.05) is 12.6 Å². The number of rotatable bonds is 4. The van der Waals surface area contributed by atoms with Crippen molar-refractivity contribution in [1.82, 2.24) is 9.55 Å². The molecule has 1 aromatic heterocycles. The summed E-state index contributed by atoms with van der Waals surface area (Å²) in [5, 5.41) is 0. The Morgan fingerprint density at radius 1 is 1.47 bits per heavy atom. The van der Waals surface area contributed by atoms with E-state index in [1.807, 2.05) is 0 Å². The molecule has 0 aliphatic carbocycles. The number of nitrogens with one attached hydrogen (secondary N) is 1. The molecule has 2 rings (SSSR count). The van der Waals surface area contributed by atoms with Crippen molar-refractivity contribution in [2.24, 2.45) is 0 Å². The zero-order chi connectivity index (χ0) is 14.0. The maximum Gasteiger partial charge on any atom is 0.307 e. The fourth-order valence-electron chi connectivity index (χ4n) is 1.84. The van der Waals surface area contributed by atoms with Crippen molar-refractivity contribution in [3.05, 3.63) is 28.5 Å². The first-order chi connectivity index (χ1) is 9.02. The standard InChI is InChI=1S/C12H12F2N2O2S/c1-2-18-10(17)3-4-16-9-6-7(13)5-8(14)11(9)15-12(16)19/h5-6H,2-4H2,1H3,(H,15,19). The van der Waals surface area contributed by atoms with Gasteiger partial charge >= 0.3 is 5.97 Å². The number of nitrogens with zero attached hydrogens (tertiary/aromatic N) is 1. The minimum Gasteiger partial charge on any atom is -0.466 e. The average Bonchev–Trinajstić information content (AvgIpc) is 2.64. The fraction of sp³-hybridized carbons (Fsp3) is 0.333. The summed E-state index contributed by atoms with van der Waals surface area (Å²) in [7, 11) is 0. The molecule has 0 saturated heterocycles. The molecule has 0 bridgehead atoms. The molecule has 102 valence electrons. The van der Waals surface area contributed by atoms with Crippen molar-refractivity contribution in [3.8, 4) is 0 Å². The highest BCUT2D eigenvalue weighted by Crippen LogP contribution is 2.19. The maximum absolute atomic E-state index is 13.5. The number of aromatic nitrogens is 2. The van der Waals surface area contributed by atoms with Gasteiger partial charge in [0.25, 0.3) is 0 Å². The lowest BCUT2D eigenvalue weighted by atomic mass is 10.3. The number of ether oxygens (including phenoxy) is 1. The maximum atomic E-state index is 13.5. The summed E-state index contributed by atoms with van der Waals surface area (Å²) in [6.45, 7) is 2.21. The molecule has 0 aliphatic rings. The minimum atomic E-state index is -0.712. The van der Waals surface area contributed by atoms with Crippen LogP contribution in [-0.2, 0) is 16.1 Å². The number of benzene rings is 1. The van der Waals surface area contributed by atoms with Gasteiger partial charge in [0.2, 0.25) is 0 Å². The highest BCUT2D eigenvalue weighted by molar-refractivity contribution is 7.71. The zero-order valence-electron chi connectivity index (χ0n) is 10.2. The van der Waals surface area contributed by atoms with E-state index in [0.29, 0.717) is 12.1 Å². The van der Waals surface area contributed by atoms with Gasteiger partial charge in [-0.05, 0) is 25.2 Å². The summed E-state index contributed by atoms with van der Waals surface area (Å²) in [5.74, 6) is -1.78. The van der Waals surface area contributed by atoms with Crippen molar-refractivity contribution in [3.63, 3.8) is 0 Å². The van der Waals surface area contributed by atoms with E-state index in [1.54, 1.807) is 6.92 Å². The van der Waals surface area contributed by atoms with Gasteiger partial charge in [-0.1, -0.05) is 0 Å². The highest BCUT2D eigenvalue weighted by Gasteiger charge is 2.12. The van der Waals surface area contributed by atoms with Gasteiger partial charge < -0.3 is 14.3 Å². The molecule has 0 aliphatic heterocycles. The molecule has 19 heavy (non-hydrogen) atoms. The van der Waals surface area contributed by atoms with Crippen molar-refractivity contribution in [2.75, 3.05) is 6.61 Å². The Morgan fingerprint density at radius 3 is 2.89 bits per heavy atom. The quantitative estimate of drug-likeness (QED) is 0.694. The number of carbonyl (C=O) groups is 1. The number of halogens is 2. The second kappa shape index (κ2) is 5.48. The number of H-pyrrole nitrogens is 1. The molecule has 1 N–H and O–H groups in total. The number of aryl methyl sites for hydroxylation is 1. The predicted molar refractivity (Wildman–Crippen MR) is 68.3 cm³/mol. The van der Waals surface area contributed by atoms with Crippen LogP contribution in [0.15, 0.2) is 12.1 Å². The van der Waals surface area contributed by atoms with E-state index in [1.165, 1.54) is 10.6 Å². The first-order valence-electron chi connectivity index (χ1n) is 5.76. The lowest BCUT2D eigenvalue weighted by Gasteiger charge is -2.04. The van der Waals surface area contributed by atoms with Crippen LogP contribution in [0.2, 0.25) is 0 Å². The summed E-state index contributed by atoms with van der Waals surface area (Å²) in [6, 6.07) is 1.96. The van der Waals surface area contributed by atoms with Crippen LogP contribution in [0.5, 0.6) is 0 Å². The Kier molecular flexibility index (Phi) is 3.94. The van der Waals surface area contributed by atoms with Crippen LogP contribution in [0.1, 0.15) is 13.3 Å². The third-order valence-corrected chi connectivity index (χ3v) is 2.97. The molecule has 4 nitrogen and oxygen atoms in total. The smallest absolute Gasteiger partial charge is 0.307 e. The van der Waals surface area contributed by atoms with Crippen LogP contribution >= 0.6 is 12.2 Å². The van der Waals surface area contributed by atoms with Gasteiger partial charge in [-0.15, -0.1) is 0 Å². The molecular weight excluding hydrogens is 274 g/mol. The molecule has 0 radical (unpaired) electrons. The first-order valence-corrected chi connectivity index (χ1v) is 6.17. The van der Waals surface area contributed by atoms with Crippen LogP contribution in [0.4, 0.5) is 8.78 Å². The monoisotopic (exact) mass is 286 g/mol. The molecule has 1 heterocycles. The van der Waals surface area contributed by atoms with Crippen molar-refractivity contribution < 1.29 is 18.3 Å². The van der Waals surface area contributed by atoms with Gasteiger partial charge in [-0.2, -0.15) is 0 Å². The van der Waals surface area contributed by atoms with E-state index in [0.717, 1.165) is 6.07 Å². The van der Waals surface area contributed by atoms with Gasteiger partial charge in [-0.3, -0.25) is 4.79 Å². The summed E-state index contributed by atoms with van der Waals surface area (Å²) >= 11 is 5.04. The Bertz CT molecular complexity index is 678. The number of carbonyl (C=O) groups excluding carboxylic acids is 1. The number of esters is 1. The number of hydrogen-bond donors (Lipinski definition) is 1. The SMILES string of the molecule is CCOC(=O)CCn1c(=S)[nH]c2c(F)cc(F)cc21. The Labute approximate surface area is 113 Å². The van der Waals surface area contributed by atoms with Crippen LogP contribution in [0, 0.1) is 16.4 Å². The van der Waals surface area contributed by atoms with E-state index in [-0.39, 0.29) is 29.2 Å². The Morgan fingerprint density at radius 2 is 2.21 bits per heavy atom. The van der Waals surface area contributed by atoms with Crippen LogP contribution < -0.4 is 0 Å². The van der Waals surface area contributed by atoms with Crippen molar-refractivity contribution >= 4 is 29.2 Å². The predicted octanol–water partition coefficient (Wildman–Crippen LogP) is 2.93. The van der Waals surface area contributed by atoms with Gasteiger partial charge in [0.15, 0.2) is 10.6 Å². The lowest BCUT2D eigenvalue weighted by molar-refractivity contribution is -0.143. The van der Waals surface area contributed by atoms with Crippen molar-refractivity contribution in [1.29, 1.82) is 0 Å². The van der Waals surface area contributed by atoms with Crippen LogP contribution in [0.25, 0.3) is 11.0 Å². The highest BCUT2D eigenvalue weighted by atomic mass is 32.1. The average molecular weight is 286 g/mol. The molecule has 0 saturated carbocycles. The van der Waals surface area contributed by atoms with E-state index < -0.39 is 11.6 Å². The van der Waals surface area contributed by atoms with E-state index in [4.69, 9.17) is 17.0 Å². The summed E-state index contributed by atoms with van der Waals surface area (Å²) in [5.41, 5.74) is 0.432. The summed E-state index contributed by atoms with van der Waals surface area (Å²) < 4.78 is 33.3. The first kappa shape index (κ1) is 13.7. The van der Waals surface area contributed by atoms with Gasteiger partial charge in [0.05, 0.1) is 18.5 Å². The third kappa shape index (κ3) is 2.81. The van der Waals surface area contributed by atoms with E-state index in [2.05, 4.69) is 4.98 Å². The van der Waals surface area contributed by atoms with Crippen molar-refractivity contribution in [2.45, 2.75) is 19.9 Å². The number of hydrogen-bond acceptors (Lipinski definition) is 3. The third-order valence-electron chi connectivity index (χ3n) is 2.65. The molecule has 7 heteroatoms. The molecule has 0 atom stereocenters. The van der Waals surface area contributed by atoms with E-state index in [9.17, 15) is 13.6 Å². The Hall–Kier alpha value is -1.76. The largest absolute Gasteiger partial charge is 0.466 e. The molecule has 0 unspecified atom stereocenters. The van der Waals surface area contributed by atoms with E-state index >= 15 is 0 Å². The van der Waals surface area contributed by atoms with Gasteiger partial charge in [0.1, 0.15) is 11.3 Å². The number of imidazole rings is 1. The summed E-state index contributed by atoms with van der Waals surface area (Å²) in [6.07, 6.45) is 0.0905. The van der Waals surface area contributed by atoms with Crippen LogP contribution in [-0.4, -0.2) is 22.1 Å². The molecular formula is C12H12F2N2O2S. The normalized spacial score (nSPS) is 10.9. The molecule has 0 amide bonds. The Balaban J connectivity index is 2.35. The fourth-order valence-corrected chi connectivity index (χ4v) is 2.13. The zero-order valence-corrected chi connectivity index (χ0v) is 11.0. The minimum absolute atomic E-state index is 0.0905. The number of aromatic amines is 1.